The number of aryl methyl sites for hydroxylation is 2. The number of unbranched alkanes of at least 4 members (excludes halogenated alkanes) is 1. The van der Waals surface area contributed by atoms with Crippen molar-refractivity contribution in [2.75, 3.05) is 6.54 Å². The number of carbonyl (C=O) groups excluding carboxylic acids is 2. The van der Waals surface area contributed by atoms with E-state index in [4.69, 9.17) is 0 Å². The molecule has 1 atom stereocenters. The predicted octanol–water partition coefficient (Wildman–Crippen LogP) is 6.64. The second-order valence-corrected chi connectivity index (χ2v) is 9.94. The summed E-state index contributed by atoms with van der Waals surface area (Å²) in [5.74, 6) is -0.0952. The third-order valence-electron chi connectivity index (χ3n) is 7.19. The topological polar surface area (TPSA) is 49.4 Å². The molecule has 0 aliphatic heterocycles. The molecule has 0 heterocycles. The Kier molecular flexibility index (Phi) is 9.69. The van der Waals surface area contributed by atoms with Crippen molar-refractivity contribution in [3.63, 3.8) is 0 Å². The average molecular weight is 507 g/mol. The van der Waals surface area contributed by atoms with Gasteiger partial charge >= 0.3 is 0 Å². The molecule has 4 aromatic rings. The Labute approximate surface area is 226 Å². The van der Waals surface area contributed by atoms with Crippen LogP contribution in [0.2, 0.25) is 0 Å². The first kappa shape index (κ1) is 27.1. The van der Waals surface area contributed by atoms with Crippen molar-refractivity contribution in [1.29, 1.82) is 0 Å². The van der Waals surface area contributed by atoms with Gasteiger partial charge in [-0.15, -0.1) is 0 Å². The number of carbonyl (C=O) groups is 2. The van der Waals surface area contributed by atoms with Crippen LogP contribution in [0.3, 0.4) is 0 Å². The summed E-state index contributed by atoms with van der Waals surface area (Å²) in [6.07, 6.45) is 3.36. The van der Waals surface area contributed by atoms with Crippen LogP contribution < -0.4 is 5.32 Å². The van der Waals surface area contributed by atoms with Crippen molar-refractivity contribution in [3.8, 4) is 0 Å². The third kappa shape index (κ3) is 7.10. The highest BCUT2D eigenvalue weighted by Crippen LogP contribution is 2.22. The lowest BCUT2D eigenvalue weighted by atomic mass is 9.98. The molecule has 0 spiro atoms. The average Bonchev–Trinajstić information content (AvgIpc) is 2.95. The maximum Gasteiger partial charge on any atom is 0.243 e. The lowest BCUT2D eigenvalue weighted by Crippen LogP contribution is -2.50. The zero-order valence-corrected chi connectivity index (χ0v) is 22.5. The highest BCUT2D eigenvalue weighted by atomic mass is 16.2. The fraction of sp³-hybridized carbons (Fsp3) is 0.294. The Morgan fingerprint density at radius 1 is 0.816 bits per heavy atom. The molecule has 4 aromatic carbocycles. The highest BCUT2D eigenvalue weighted by molar-refractivity contribution is 5.89. The van der Waals surface area contributed by atoms with Gasteiger partial charge < -0.3 is 10.2 Å². The molecule has 0 saturated carbocycles. The Balaban J connectivity index is 1.63. The molecule has 2 amide bonds. The van der Waals surface area contributed by atoms with E-state index in [1.165, 1.54) is 10.8 Å². The van der Waals surface area contributed by atoms with E-state index in [1.54, 1.807) is 0 Å². The minimum atomic E-state index is -0.589. The summed E-state index contributed by atoms with van der Waals surface area (Å²) in [4.78, 5) is 29.4. The van der Waals surface area contributed by atoms with Crippen molar-refractivity contribution < 1.29 is 9.59 Å². The predicted molar refractivity (Wildman–Crippen MR) is 156 cm³/mol. The second-order valence-electron chi connectivity index (χ2n) is 9.94. The Morgan fingerprint density at radius 2 is 1.50 bits per heavy atom. The van der Waals surface area contributed by atoms with Gasteiger partial charge in [0.05, 0.1) is 0 Å². The molecule has 4 nitrogen and oxygen atoms in total. The van der Waals surface area contributed by atoms with E-state index in [9.17, 15) is 9.59 Å². The molecule has 0 saturated heterocycles. The molecular formula is C34H38N2O2. The first-order chi connectivity index (χ1) is 18.6. The van der Waals surface area contributed by atoms with Gasteiger partial charge in [-0.3, -0.25) is 9.59 Å². The monoisotopic (exact) mass is 506 g/mol. The summed E-state index contributed by atoms with van der Waals surface area (Å²) >= 11 is 0. The maximum absolute atomic E-state index is 14.0. The number of rotatable bonds is 12. The fourth-order valence-electron chi connectivity index (χ4n) is 4.93. The van der Waals surface area contributed by atoms with E-state index >= 15 is 0 Å². The molecule has 0 fully saturated rings. The van der Waals surface area contributed by atoms with Gasteiger partial charge in [0.15, 0.2) is 0 Å². The number of amides is 2. The van der Waals surface area contributed by atoms with Crippen molar-refractivity contribution in [1.82, 2.24) is 10.2 Å². The number of benzene rings is 4. The van der Waals surface area contributed by atoms with Crippen LogP contribution in [-0.2, 0) is 29.0 Å². The third-order valence-corrected chi connectivity index (χ3v) is 7.19. The lowest BCUT2D eigenvalue weighted by Gasteiger charge is -2.32. The smallest absolute Gasteiger partial charge is 0.243 e. The Hall–Kier alpha value is -3.92. The molecule has 0 bridgehead atoms. The van der Waals surface area contributed by atoms with Gasteiger partial charge in [0.25, 0.3) is 0 Å². The van der Waals surface area contributed by atoms with Gasteiger partial charge in [-0.2, -0.15) is 0 Å². The number of nitrogens with zero attached hydrogens (tertiary/aromatic N) is 1. The Morgan fingerprint density at radius 3 is 2.29 bits per heavy atom. The van der Waals surface area contributed by atoms with Gasteiger partial charge in [-0.05, 0) is 52.8 Å². The number of nitrogens with one attached hydrogen (secondary N) is 1. The molecule has 0 unspecified atom stereocenters. The number of fused-ring (bicyclic) bond motifs is 1. The van der Waals surface area contributed by atoms with Crippen LogP contribution in [0, 0.1) is 6.92 Å². The zero-order chi connectivity index (χ0) is 26.7. The molecule has 4 heteroatoms. The quantitative estimate of drug-likeness (QED) is 0.219. The minimum Gasteiger partial charge on any atom is -0.354 e. The van der Waals surface area contributed by atoms with Crippen molar-refractivity contribution in [2.45, 2.75) is 58.5 Å². The number of hydrogen-bond donors (Lipinski definition) is 1. The summed E-state index contributed by atoms with van der Waals surface area (Å²) < 4.78 is 0. The van der Waals surface area contributed by atoms with Crippen LogP contribution in [0.4, 0.5) is 0 Å². The molecule has 0 aliphatic carbocycles. The minimum absolute atomic E-state index is 0.00670. The van der Waals surface area contributed by atoms with Gasteiger partial charge in [0, 0.05) is 25.9 Å². The molecule has 4 rings (SSSR count). The van der Waals surface area contributed by atoms with E-state index in [0.717, 1.165) is 35.1 Å². The Bertz CT molecular complexity index is 1340. The first-order valence-corrected chi connectivity index (χ1v) is 13.7. The van der Waals surface area contributed by atoms with Gasteiger partial charge in [-0.1, -0.05) is 110 Å². The lowest BCUT2D eigenvalue weighted by molar-refractivity contribution is -0.141. The normalized spacial score (nSPS) is 11.7. The summed E-state index contributed by atoms with van der Waals surface area (Å²) in [6.45, 7) is 5.18. The molecule has 0 radical (unpaired) electrons. The summed E-state index contributed by atoms with van der Waals surface area (Å²) in [5, 5.41) is 5.45. The molecule has 38 heavy (non-hydrogen) atoms. The van der Waals surface area contributed by atoms with Gasteiger partial charge in [0.1, 0.15) is 6.04 Å². The van der Waals surface area contributed by atoms with E-state index in [0.29, 0.717) is 32.4 Å². The van der Waals surface area contributed by atoms with E-state index in [1.807, 2.05) is 65.6 Å². The van der Waals surface area contributed by atoms with Crippen molar-refractivity contribution in [3.05, 3.63) is 119 Å². The van der Waals surface area contributed by atoms with Crippen molar-refractivity contribution in [2.24, 2.45) is 0 Å². The SMILES string of the molecule is CCCCNC(=O)[C@@H](Cc1ccccc1)N(Cc1ccccc1C)C(=O)CCc1cccc2ccccc12. The van der Waals surface area contributed by atoms with E-state index in [-0.39, 0.29) is 11.8 Å². The maximum atomic E-state index is 14.0. The van der Waals surface area contributed by atoms with Crippen LogP contribution in [0.25, 0.3) is 10.8 Å². The fourth-order valence-corrected chi connectivity index (χ4v) is 4.93. The largest absolute Gasteiger partial charge is 0.354 e. The van der Waals surface area contributed by atoms with E-state index in [2.05, 4.69) is 55.6 Å². The molecule has 0 aromatic heterocycles. The van der Waals surface area contributed by atoms with Gasteiger partial charge in [-0.25, -0.2) is 0 Å². The molecular weight excluding hydrogens is 468 g/mol. The zero-order valence-electron chi connectivity index (χ0n) is 22.5. The van der Waals surface area contributed by atoms with Gasteiger partial charge in [0.2, 0.25) is 11.8 Å². The van der Waals surface area contributed by atoms with Crippen LogP contribution in [0.5, 0.6) is 0 Å². The first-order valence-electron chi connectivity index (χ1n) is 13.7. The van der Waals surface area contributed by atoms with Crippen LogP contribution >= 0.6 is 0 Å². The van der Waals surface area contributed by atoms with Crippen LogP contribution in [0.15, 0.2) is 97.1 Å². The standard InChI is InChI=1S/C34H38N2O2/c1-3-4-23-35-34(38)32(24-27-14-6-5-7-15-27)36(25-30-17-9-8-13-26(30)2)33(37)22-21-29-19-12-18-28-16-10-11-20-31(28)29/h5-20,32H,3-4,21-25H2,1-2H3,(H,35,38)/t32-/m1/s1. The summed E-state index contributed by atoms with van der Waals surface area (Å²) in [7, 11) is 0. The van der Waals surface area contributed by atoms with Crippen LogP contribution in [-0.4, -0.2) is 29.3 Å². The highest BCUT2D eigenvalue weighted by Gasteiger charge is 2.30. The summed E-state index contributed by atoms with van der Waals surface area (Å²) in [6, 6.07) is 32.0. The van der Waals surface area contributed by atoms with Crippen molar-refractivity contribution >= 4 is 22.6 Å². The summed E-state index contributed by atoms with van der Waals surface area (Å²) in [5.41, 5.74) is 4.37. The molecule has 0 aliphatic rings. The van der Waals surface area contributed by atoms with Crippen LogP contribution in [0.1, 0.15) is 48.4 Å². The molecule has 1 N–H and O–H groups in total. The van der Waals surface area contributed by atoms with E-state index < -0.39 is 6.04 Å². The molecule has 196 valence electrons. The second kappa shape index (κ2) is 13.6. The number of hydrogen-bond acceptors (Lipinski definition) is 2.